The topological polar surface area (TPSA) is 58.2 Å². The van der Waals surface area contributed by atoms with Crippen molar-refractivity contribution in [1.82, 2.24) is 10.0 Å². The van der Waals surface area contributed by atoms with Crippen molar-refractivity contribution >= 4 is 22.4 Å². The number of piperidine rings is 1. The number of halogens is 2. The first-order chi connectivity index (χ1) is 9.32. The van der Waals surface area contributed by atoms with Gasteiger partial charge in [0.1, 0.15) is 5.82 Å². The summed E-state index contributed by atoms with van der Waals surface area (Å²) in [7, 11) is -3.65. The first-order valence-electron chi connectivity index (χ1n) is 6.79. The average Bonchev–Trinajstić information content (AvgIpc) is 2.41. The van der Waals surface area contributed by atoms with Gasteiger partial charge < -0.3 is 5.32 Å². The zero-order valence-corrected chi connectivity index (χ0v) is 13.9. The second-order valence-corrected chi connectivity index (χ2v) is 7.56. The third-order valence-electron chi connectivity index (χ3n) is 3.95. The fraction of sp³-hybridized carbons (Fsp3) is 0.571. The zero-order chi connectivity index (χ0) is 14.8. The van der Waals surface area contributed by atoms with Crippen LogP contribution >= 0.6 is 12.4 Å². The lowest BCUT2D eigenvalue weighted by atomic mass is 9.81. The second kappa shape index (κ2) is 7.05. The molecule has 1 aromatic rings. The molecule has 0 spiro atoms. The summed E-state index contributed by atoms with van der Waals surface area (Å²) in [6, 6.07) is 3.99. The van der Waals surface area contributed by atoms with E-state index in [2.05, 4.69) is 17.0 Å². The monoisotopic (exact) mass is 336 g/mol. The van der Waals surface area contributed by atoms with Gasteiger partial charge in [-0.25, -0.2) is 17.5 Å². The van der Waals surface area contributed by atoms with Gasteiger partial charge in [-0.2, -0.15) is 0 Å². The Morgan fingerprint density at radius 3 is 2.52 bits per heavy atom. The van der Waals surface area contributed by atoms with Gasteiger partial charge in [0, 0.05) is 6.54 Å². The van der Waals surface area contributed by atoms with Crippen LogP contribution in [0.3, 0.4) is 0 Å². The summed E-state index contributed by atoms with van der Waals surface area (Å²) in [5, 5.41) is 3.26. The third kappa shape index (κ3) is 4.64. The molecule has 0 atom stereocenters. The van der Waals surface area contributed by atoms with Gasteiger partial charge in [-0.3, -0.25) is 0 Å². The van der Waals surface area contributed by atoms with Crippen LogP contribution in [-0.2, 0) is 10.0 Å². The van der Waals surface area contributed by atoms with Crippen LogP contribution in [0.4, 0.5) is 4.39 Å². The predicted molar refractivity (Wildman–Crippen MR) is 83.8 cm³/mol. The van der Waals surface area contributed by atoms with Crippen LogP contribution < -0.4 is 10.0 Å². The normalized spacial score (nSPS) is 18.0. The summed E-state index contributed by atoms with van der Waals surface area (Å²) in [5.74, 6) is -0.499. The van der Waals surface area contributed by atoms with Crippen molar-refractivity contribution in [3.8, 4) is 0 Å². The lowest BCUT2D eigenvalue weighted by Crippen LogP contribution is -2.42. The quantitative estimate of drug-likeness (QED) is 0.886. The Morgan fingerprint density at radius 1 is 1.33 bits per heavy atom. The molecule has 4 nitrogen and oxygen atoms in total. The molecule has 0 radical (unpaired) electrons. The number of nitrogens with one attached hydrogen (secondary N) is 2. The fourth-order valence-electron chi connectivity index (χ4n) is 2.30. The Labute approximate surface area is 132 Å². The molecule has 0 aliphatic carbocycles. The van der Waals surface area contributed by atoms with Crippen molar-refractivity contribution < 1.29 is 12.8 Å². The summed E-state index contributed by atoms with van der Waals surface area (Å²) in [6.45, 7) is 5.86. The van der Waals surface area contributed by atoms with Gasteiger partial charge in [-0.15, -0.1) is 12.4 Å². The van der Waals surface area contributed by atoms with E-state index in [1.54, 1.807) is 6.92 Å². The molecule has 2 N–H and O–H groups in total. The van der Waals surface area contributed by atoms with E-state index >= 15 is 0 Å². The molecule has 2 rings (SSSR count). The van der Waals surface area contributed by atoms with Gasteiger partial charge in [0.15, 0.2) is 0 Å². The van der Waals surface area contributed by atoms with E-state index in [4.69, 9.17) is 0 Å². The van der Waals surface area contributed by atoms with Crippen molar-refractivity contribution in [3.63, 3.8) is 0 Å². The minimum absolute atomic E-state index is 0. The molecule has 7 heteroatoms. The van der Waals surface area contributed by atoms with E-state index in [9.17, 15) is 12.8 Å². The Morgan fingerprint density at radius 2 is 1.95 bits per heavy atom. The number of hydrogen-bond donors (Lipinski definition) is 2. The van der Waals surface area contributed by atoms with Crippen molar-refractivity contribution in [2.24, 2.45) is 5.41 Å². The Kier molecular flexibility index (Phi) is 6.16. The molecule has 1 heterocycles. The number of hydrogen-bond acceptors (Lipinski definition) is 3. The lowest BCUT2D eigenvalue weighted by molar-refractivity contribution is 0.232. The summed E-state index contributed by atoms with van der Waals surface area (Å²) < 4.78 is 40.5. The predicted octanol–water partition coefficient (Wildman–Crippen LogP) is 2.22. The van der Waals surface area contributed by atoms with Crippen molar-refractivity contribution in [1.29, 1.82) is 0 Å². The molecule has 1 fully saturated rings. The number of benzene rings is 1. The number of rotatable bonds is 4. The molecule has 1 aliphatic heterocycles. The second-order valence-electron chi connectivity index (χ2n) is 5.80. The highest BCUT2D eigenvalue weighted by Gasteiger charge is 2.28. The van der Waals surface area contributed by atoms with E-state index in [1.807, 2.05) is 0 Å². The fourth-order valence-corrected chi connectivity index (χ4v) is 3.51. The molecular formula is C14H22ClFN2O2S. The maximum Gasteiger partial charge on any atom is 0.240 e. The van der Waals surface area contributed by atoms with Crippen LogP contribution in [-0.4, -0.2) is 28.1 Å². The largest absolute Gasteiger partial charge is 0.317 e. The standard InChI is InChI=1S/C14H21FN2O2S.ClH/c1-11-3-4-12(9-13(11)15)20(18,19)17-10-14(2)5-7-16-8-6-14;/h3-4,9,16-17H,5-8,10H2,1-2H3;1H. The lowest BCUT2D eigenvalue weighted by Gasteiger charge is -2.34. The summed E-state index contributed by atoms with van der Waals surface area (Å²) in [6.07, 6.45) is 1.86. The van der Waals surface area contributed by atoms with Crippen LogP contribution in [0.25, 0.3) is 0 Å². The SMILES string of the molecule is Cc1ccc(S(=O)(=O)NCC2(C)CCNCC2)cc1F.Cl. The summed E-state index contributed by atoms with van der Waals surface area (Å²) in [5.41, 5.74) is 0.399. The smallest absolute Gasteiger partial charge is 0.240 e. The minimum atomic E-state index is -3.65. The van der Waals surface area contributed by atoms with Crippen LogP contribution in [0, 0.1) is 18.2 Å². The Balaban J connectivity index is 0.00000220. The zero-order valence-electron chi connectivity index (χ0n) is 12.3. The van der Waals surface area contributed by atoms with Gasteiger partial charge >= 0.3 is 0 Å². The Bertz CT molecular complexity index is 587. The van der Waals surface area contributed by atoms with Gasteiger partial charge in [-0.05, 0) is 56.0 Å². The molecule has 0 unspecified atom stereocenters. The van der Waals surface area contributed by atoms with Crippen molar-refractivity contribution in [3.05, 3.63) is 29.6 Å². The van der Waals surface area contributed by atoms with Crippen molar-refractivity contribution in [2.75, 3.05) is 19.6 Å². The van der Waals surface area contributed by atoms with Crippen molar-refractivity contribution in [2.45, 2.75) is 31.6 Å². The molecule has 21 heavy (non-hydrogen) atoms. The van der Waals surface area contributed by atoms with Crippen LogP contribution in [0.2, 0.25) is 0 Å². The molecule has 0 aromatic heterocycles. The molecule has 0 bridgehead atoms. The van der Waals surface area contributed by atoms with Gasteiger partial charge in [0.25, 0.3) is 0 Å². The van der Waals surface area contributed by atoms with E-state index < -0.39 is 15.8 Å². The summed E-state index contributed by atoms with van der Waals surface area (Å²) >= 11 is 0. The van der Waals surface area contributed by atoms with Gasteiger partial charge in [-0.1, -0.05) is 13.0 Å². The average molecular weight is 337 g/mol. The summed E-state index contributed by atoms with van der Waals surface area (Å²) in [4.78, 5) is -0.0156. The Hall–Kier alpha value is -0.690. The molecular weight excluding hydrogens is 315 g/mol. The first kappa shape index (κ1) is 18.4. The molecule has 0 saturated carbocycles. The van der Waals surface area contributed by atoms with E-state index in [0.717, 1.165) is 32.0 Å². The van der Waals surface area contributed by atoms with Crippen LogP contribution in [0.15, 0.2) is 23.1 Å². The highest BCUT2D eigenvalue weighted by atomic mass is 35.5. The minimum Gasteiger partial charge on any atom is -0.317 e. The van der Waals surface area contributed by atoms with Crippen LogP contribution in [0.5, 0.6) is 0 Å². The number of aryl methyl sites for hydroxylation is 1. The third-order valence-corrected chi connectivity index (χ3v) is 5.35. The van der Waals surface area contributed by atoms with E-state index in [0.29, 0.717) is 12.1 Å². The van der Waals surface area contributed by atoms with Gasteiger partial charge in [0.05, 0.1) is 4.90 Å². The highest BCUT2D eigenvalue weighted by molar-refractivity contribution is 7.89. The first-order valence-corrected chi connectivity index (χ1v) is 8.27. The molecule has 120 valence electrons. The van der Waals surface area contributed by atoms with E-state index in [1.165, 1.54) is 12.1 Å². The highest BCUT2D eigenvalue weighted by Crippen LogP contribution is 2.27. The molecule has 1 saturated heterocycles. The van der Waals surface area contributed by atoms with E-state index in [-0.39, 0.29) is 22.7 Å². The molecule has 1 aromatic carbocycles. The number of sulfonamides is 1. The molecule has 1 aliphatic rings. The molecule has 0 amide bonds. The van der Waals surface area contributed by atoms with Crippen LogP contribution in [0.1, 0.15) is 25.3 Å². The maximum atomic E-state index is 13.5. The van der Waals surface area contributed by atoms with Gasteiger partial charge in [0.2, 0.25) is 10.0 Å². The maximum absolute atomic E-state index is 13.5.